The summed E-state index contributed by atoms with van der Waals surface area (Å²) in [7, 11) is 0. The number of nitrogens with one attached hydrogen (secondary N) is 1. The third-order valence-corrected chi connectivity index (χ3v) is 4.17. The van der Waals surface area contributed by atoms with E-state index < -0.39 is 35.0 Å². The van der Waals surface area contributed by atoms with Gasteiger partial charge >= 0.3 is 5.97 Å². The third-order valence-electron chi connectivity index (χ3n) is 4.17. The quantitative estimate of drug-likeness (QED) is 0.743. The van der Waals surface area contributed by atoms with Crippen molar-refractivity contribution in [2.45, 2.75) is 32.2 Å². The number of halogens is 1. The molecule has 0 spiro atoms. The van der Waals surface area contributed by atoms with Gasteiger partial charge in [0.1, 0.15) is 17.5 Å². The van der Waals surface area contributed by atoms with Crippen LogP contribution in [0.15, 0.2) is 48.5 Å². The smallest absolute Gasteiger partial charge is 0.339 e. The molecule has 2 aromatic rings. The number of rotatable bonds is 7. The summed E-state index contributed by atoms with van der Waals surface area (Å²) in [5.41, 5.74) is 0.0596. The van der Waals surface area contributed by atoms with Crippen molar-refractivity contribution in [2.75, 3.05) is 0 Å². The van der Waals surface area contributed by atoms with Crippen LogP contribution in [0.3, 0.4) is 0 Å². The molecule has 2 rings (SSSR count). The highest BCUT2D eigenvalue weighted by Crippen LogP contribution is 2.26. The molecule has 1 unspecified atom stereocenters. The summed E-state index contributed by atoms with van der Waals surface area (Å²) in [6.45, 7) is 3.07. The van der Waals surface area contributed by atoms with Gasteiger partial charge in [0, 0.05) is 0 Å². The minimum absolute atomic E-state index is 0.148. The lowest BCUT2D eigenvalue weighted by Gasteiger charge is -2.22. The number of ketones is 1. The predicted octanol–water partition coefficient (Wildman–Crippen LogP) is 3.46. The van der Waals surface area contributed by atoms with E-state index in [1.165, 1.54) is 19.1 Å². The molecule has 0 fully saturated rings. The van der Waals surface area contributed by atoms with E-state index in [2.05, 4.69) is 5.32 Å². The lowest BCUT2D eigenvalue weighted by molar-refractivity contribution is -0.130. The summed E-state index contributed by atoms with van der Waals surface area (Å²) >= 11 is 0. The Morgan fingerprint density at radius 1 is 1.08 bits per heavy atom. The summed E-state index contributed by atoms with van der Waals surface area (Å²) in [4.78, 5) is 36.3. The van der Waals surface area contributed by atoms with Gasteiger partial charge in [-0.3, -0.25) is 9.59 Å². The van der Waals surface area contributed by atoms with E-state index in [-0.39, 0.29) is 11.6 Å². The van der Waals surface area contributed by atoms with Gasteiger partial charge in [0.2, 0.25) is 5.91 Å². The first-order valence-electron chi connectivity index (χ1n) is 8.24. The maximum atomic E-state index is 14.0. The maximum Gasteiger partial charge on any atom is 0.339 e. The molecule has 2 N–H and O–H groups in total. The zero-order valence-electron chi connectivity index (χ0n) is 14.5. The van der Waals surface area contributed by atoms with E-state index in [0.29, 0.717) is 6.42 Å². The molecule has 136 valence electrons. The van der Waals surface area contributed by atoms with Gasteiger partial charge in [0.15, 0.2) is 0 Å². The molecule has 0 saturated heterocycles. The van der Waals surface area contributed by atoms with E-state index in [1.54, 1.807) is 0 Å². The molecule has 0 aliphatic heterocycles. The molecule has 2 atom stereocenters. The Kier molecular flexibility index (Phi) is 6.22. The van der Waals surface area contributed by atoms with Crippen LogP contribution >= 0.6 is 0 Å². The summed E-state index contributed by atoms with van der Waals surface area (Å²) in [6, 6.07) is 12.4. The molecule has 0 radical (unpaired) electrons. The molecule has 0 heterocycles. The van der Waals surface area contributed by atoms with E-state index in [4.69, 9.17) is 0 Å². The van der Waals surface area contributed by atoms with Crippen molar-refractivity contribution in [3.05, 3.63) is 71.0 Å². The first kappa shape index (κ1) is 19.3. The summed E-state index contributed by atoms with van der Waals surface area (Å²) < 4.78 is 14.0. The van der Waals surface area contributed by atoms with Crippen molar-refractivity contribution in [1.82, 2.24) is 5.32 Å². The molecular weight excluding hydrogens is 337 g/mol. The molecule has 2 aromatic carbocycles. The molecule has 1 amide bonds. The molecule has 5 nitrogen and oxygen atoms in total. The molecule has 0 saturated carbocycles. The number of hydrogen-bond acceptors (Lipinski definition) is 3. The van der Waals surface area contributed by atoms with Gasteiger partial charge in [-0.25, -0.2) is 9.18 Å². The second-order valence-corrected chi connectivity index (χ2v) is 5.93. The second kappa shape index (κ2) is 8.38. The molecule has 0 aromatic heterocycles. The fraction of sp³-hybridized carbons (Fsp3) is 0.250. The average Bonchev–Trinajstić information content (AvgIpc) is 2.60. The molecule has 26 heavy (non-hydrogen) atoms. The van der Waals surface area contributed by atoms with E-state index in [1.807, 2.05) is 37.3 Å². The van der Waals surface area contributed by atoms with Gasteiger partial charge in [0.25, 0.3) is 0 Å². The summed E-state index contributed by atoms with van der Waals surface area (Å²) in [5.74, 6) is -5.11. The largest absolute Gasteiger partial charge is 0.478 e. The highest BCUT2D eigenvalue weighted by atomic mass is 19.1. The monoisotopic (exact) mass is 357 g/mol. The number of carbonyl (C=O) groups excluding carboxylic acids is 2. The predicted molar refractivity (Wildman–Crippen MR) is 94.4 cm³/mol. The van der Waals surface area contributed by atoms with Crippen molar-refractivity contribution in [2.24, 2.45) is 0 Å². The Morgan fingerprint density at radius 2 is 1.73 bits per heavy atom. The van der Waals surface area contributed by atoms with Crippen LogP contribution in [0.4, 0.5) is 4.39 Å². The van der Waals surface area contributed by atoms with E-state index in [9.17, 15) is 23.9 Å². The van der Waals surface area contributed by atoms with Gasteiger partial charge in [-0.15, -0.1) is 0 Å². The Labute approximate surface area is 150 Å². The fourth-order valence-electron chi connectivity index (χ4n) is 2.91. The van der Waals surface area contributed by atoms with Crippen LogP contribution in [0.2, 0.25) is 0 Å². The van der Waals surface area contributed by atoms with Crippen LogP contribution in [0, 0.1) is 5.82 Å². The Bertz CT molecular complexity index is 820. The third kappa shape index (κ3) is 4.14. The highest BCUT2D eigenvalue weighted by molar-refractivity contribution is 6.08. The lowest BCUT2D eigenvalue weighted by Crippen LogP contribution is -2.36. The number of amides is 1. The van der Waals surface area contributed by atoms with Crippen molar-refractivity contribution in [3.63, 3.8) is 0 Å². The average molecular weight is 357 g/mol. The molecule has 0 aliphatic carbocycles. The van der Waals surface area contributed by atoms with Crippen LogP contribution in [0.5, 0.6) is 0 Å². The van der Waals surface area contributed by atoms with Crippen LogP contribution in [-0.4, -0.2) is 22.8 Å². The normalized spacial score (nSPS) is 12.9. The SMILES string of the molecule is CC[C@H](NC(=O)C(C(C)=O)c1cccc(F)c1C(=O)O)c1ccccc1. The lowest BCUT2D eigenvalue weighted by atomic mass is 9.89. The Balaban J connectivity index is 2.39. The van der Waals surface area contributed by atoms with Crippen molar-refractivity contribution in [1.29, 1.82) is 0 Å². The second-order valence-electron chi connectivity index (χ2n) is 5.93. The van der Waals surface area contributed by atoms with Gasteiger partial charge in [-0.2, -0.15) is 0 Å². The van der Waals surface area contributed by atoms with Crippen LogP contribution in [0.25, 0.3) is 0 Å². The Morgan fingerprint density at radius 3 is 2.27 bits per heavy atom. The topological polar surface area (TPSA) is 83.5 Å². The molecule has 0 bridgehead atoms. The van der Waals surface area contributed by atoms with Gasteiger partial charge in [-0.05, 0) is 30.5 Å². The van der Waals surface area contributed by atoms with Crippen molar-refractivity contribution >= 4 is 17.7 Å². The van der Waals surface area contributed by atoms with Crippen molar-refractivity contribution < 1.29 is 23.9 Å². The fourth-order valence-corrected chi connectivity index (χ4v) is 2.91. The van der Waals surface area contributed by atoms with E-state index in [0.717, 1.165) is 11.6 Å². The number of carbonyl (C=O) groups is 3. The first-order chi connectivity index (χ1) is 12.4. The van der Waals surface area contributed by atoms with Crippen LogP contribution in [0.1, 0.15) is 53.7 Å². The minimum Gasteiger partial charge on any atom is -0.478 e. The van der Waals surface area contributed by atoms with Crippen LogP contribution < -0.4 is 5.32 Å². The Hall–Kier alpha value is -3.02. The molecule has 0 aliphatic rings. The first-order valence-corrected chi connectivity index (χ1v) is 8.24. The number of benzene rings is 2. The summed E-state index contributed by atoms with van der Waals surface area (Å²) in [6.07, 6.45) is 0.579. The van der Waals surface area contributed by atoms with Gasteiger partial charge in [0.05, 0.1) is 11.6 Å². The van der Waals surface area contributed by atoms with Crippen LogP contribution in [-0.2, 0) is 9.59 Å². The maximum absolute atomic E-state index is 14.0. The van der Waals surface area contributed by atoms with Gasteiger partial charge in [-0.1, -0.05) is 49.4 Å². The summed E-state index contributed by atoms with van der Waals surface area (Å²) in [5, 5.41) is 12.1. The highest BCUT2D eigenvalue weighted by Gasteiger charge is 2.32. The molecule has 6 heteroatoms. The van der Waals surface area contributed by atoms with Crippen molar-refractivity contribution in [3.8, 4) is 0 Å². The van der Waals surface area contributed by atoms with Gasteiger partial charge < -0.3 is 10.4 Å². The zero-order chi connectivity index (χ0) is 19.3. The standard InChI is InChI=1S/C20H20FNO4/c1-3-16(13-8-5-4-6-9-13)22-19(24)17(12(2)23)14-10-7-11-15(21)18(14)20(25)26/h4-11,16-17H,3H2,1-2H3,(H,22,24)(H,25,26)/t16-,17?/m0/s1. The number of Topliss-reactive ketones (excluding diaryl/α,β-unsaturated/α-hetero) is 1. The number of carboxylic acid groups (broad SMARTS) is 1. The number of carboxylic acids is 1. The molecular formula is C20H20FNO4. The number of aromatic carboxylic acids is 1. The zero-order valence-corrected chi connectivity index (χ0v) is 14.5. The van der Waals surface area contributed by atoms with E-state index >= 15 is 0 Å². The number of hydrogen-bond donors (Lipinski definition) is 2. The minimum atomic E-state index is -1.52.